The molecule has 3 aromatic rings. The van der Waals surface area contributed by atoms with Crippen LogP contribution < -0.4 is 0 Å². The quantitative estimate of drug-likeness (QED) is 0.750. The Morgan fingerprint density at radius 1 is 1.06 bits per heavy atom. The molecule has 0 aliphatic heterocycles. The van der Waals surface area contributed by atoms with E-state index in [-0.39, 0.29) is 5.56 Å². The molecule has 0 aliphatic carbocycles. The van der Waals surface area contributed by atoms with E-state index in [1.807, 2.05) is 30.3 Å². The van der Waals surface area contributed by atoms with Gasteiger partial charge >= 0.3 is 0 Å². The molecule has 0 amide bonds. The molecule has 0 radical (unpaired) electrons. The zero-order valence-corrected chi connectivity index (χ0v) is 9.27. The van der Waals surface area contributed by atoms with Crippen molar-refractivity contribution in [2.75, 3.05) is 0 Å². The number of pyridine rings is 1. The van der Waals surface area contributed by atoms with Crippen molar-refractivity contribution in [2.24, 2.45) is 0 Å². The van der Waals surface area contributed by atoms with E-state index in [9.17, 15) is 8.78 Å². The molecular formula is C13H9F2N3. The highest BCUT2D eigenvalue weighted by Crippen LogP contribution is 2.27. The molecule has 0 saturated heterocycles. The van der Waals surface area contributed by atoms with Crippen LogP contribution in [0.2, 0.25) is 0 Å². The molecule has 0 fully saturated rings. The molecule has 1 aromatic carbocycles. The number of rotatable bonds is 2. The number of nitrogens with zero attached hydrogens (tertiary/aromatic N) is 2. The first-order valence-corrected chi connectivity index (χ1v) is 5.44. The summed E-state index contributed by atoms with van der Waals surface area (Å²) in [4.78, 5) is 11.1. The van der Waals surface area contributed by atoms with E-state index in [0.29, 0.717) is 17.0 Å². The molecule has 0 spiro atoms. The second-order valence-corrected chi connectivity index (χ2v) is 3.85. The Morgan fingerprint density at radius 2 is 1.83 bits per heavy atom. The van der Waals surface area contributed by atoms with Gasteiger partial charge in [0.15, 0.2) is 5.65 Å². The maximum absolute atomic E-state index is 12.8. The minimum absolute atomic E-state index is 0.0744. The van der Waals surface area contributed by atoms with Crippen LogP contribution in [-0.2, 0) is 0 Å². The van der Waals surface area contributed by atoms with Gasteiger partial charge in [0.2, 0.25) is 0 Å². The topological polar surface area (TPSA) is 41.6 Å². The molecule has 0 saturated carbocycles. The van der Waals surface area contributed by atoms with Gasteiger partial charge in [-0.25, -0.2) is 18.7 Å². The molecule has 5 heteroatoms. The molecule has 2 heterocycles. The van der Waals surface area contributed by atoms with Crippen LogP contribution in [0.15, 0.2) is 42.6 Å². The summed E-state index contributed by atoms with van der Waals surface area (Å²) in [6.45, 7) is 0. The Labute approximate surface area is 102 Å². The fraction of sp³-hybridized carbons (Fsp3) is 0.0769. The average molecular weight is 245 g/mol. The van der Waals surface area contributed by atoms with E-state index in [1.165, 1.54) is 12.3 Å². The van der Waals surface area contributed by atoms with Gasteiger partial charge in [-0.05, 0) is 6.07 Å². The lowest BCUT2D eigenvalue weighted by Gasteiger charge is -1.98. The van der Waals surface area contributed by atoms with Crippen molar-refractivity contribution in [3.05, 3.63) is 48.2 Å². The lowest BCUT2D eigenvalue weighted by Crippen LogP contribution is -1.87. The van der Waals surface area contributed by atoms with E-state index in [2.05, 4.69) is 15.0 Å². The van der Waals surface area contributed by atoms with Gasteiger partial charge < -0.3 is 4.98 Å². The van der Waals surface area contributed by atoms with Gasteiger partial charge in [-0.3, -0.25) is 0 Å². The van der Waals surface area contributed by atoms with Gasteiger partial charge in [0, 0.05) is 17.3 Å². The molecule has 0 atom stereocenters. The fourth-order valence-electron chi connectivity index (χ4n) is 1.84. The summed E-state index contributed by atoms with van der Waals surface area (Å²) in [5.74, 6) is 0.547. The Kier molecular flexibility index (Phi) is 2.51. The number of nitrogens with one attached hydrogen (secondary N) is 1. The first-order chi connectivity index (χ1) is 8.75. The van der Waals surface area contributed by atoms with Gasteiger partial charge in [-0.2, -0.15) is 0 Å². The number of H-pyrrole nitrogens is 1. The van der Waals surface area contributed by atoms with Crippen LogP contribution in [0.3, 0.4) is 0 Å². The van der Waals surface area contributed by atoms with Gasteiger partial charge in [0.1, 0.15) is 5.82 Å². The molecule has 0 unspecified atom stereocenters. The van der Waals surface area contributed by atoms with Gasteiger partial charge in [-0.1, -0.05) is 30.3 Å². The lowest BCUT2D eigenvalue weighted by molar-refractivity contribution is 0.153. The van der Waals surface area contributed by atoms with Gasteiger partial charge in [0.25, 0.3) is 6.43 Å². The zero-order valence-electron chi connectivity index (χ0n) is 9.27. The van der Waals surface area contributed by atoms with Crippen LogP contribution in [-0.4, -0.2) is 15.0 Å². The molecular weight excluding hydrogens is 236 g/mol. The summed E-state index contributed by atoms with van der Waals surface area (Å²) in [5, 5.41) is 0. The summed E-state index contributed by atoms with van der Waals surface area (Å²) in [7, 11) is 0. The van der Waals surface area contributed by atoms with E-state index in [0.717, 1.165) is 5.56 Å². The normalized spacial score (nSPS) is 11.3. The summed E-state index contributed by atoms with van der Waals surface area (Å²) < 4.78 is 25.7. The summed E-state index contributed by atoms with van der Waals surface area (Å²) in [6, 6.07) is 10.6. The minimum atomic E-state index is -2.54. The Hall–Kier alpha value is -2.30. The average Bonchev–Trinajstić information content (AvgIpc) is 2.83. The molecule has 0 bridgehead atoms. The lowest BCUT2D eigenvalue weighted by atomic mass is 10.2. The number of imidazole rings is 1. The standard InChI is InChI=1S/C13H9F2N3/c14-11(15)9-6-7-16-13-10(9)17-12(18-13)8-4-2-1-3-5-8/h1-7,11H,(H,16,17,18). The molecule has 0 aliphatic rings. The van der Waals surface area contributed by atoms with Crippen molar-refractivity contribution in [1.82, 2.24) is 15.0 Å². The highest BCUT2D eigenvalue weighted by Gasteiger charge is 2.15. The van der Waals surface area contributed by atoms with Crippen molar-refractivity contribution in [2.45, 2.75) is 6.43 Å². The first-order valence-electron chi connectivity index (χ1n) is 5.44. The fourth-order valence-corrected chi connectivity index (χ4v) is 1.84. The van der Waals surface area contributed by atoms with E-state index < -0.39 is 6.43 Å². The third kappa shape index (κ3) is 1.73. The Balaban J connectivity index is 2.20. The van der Waals surface area contributed by atoms with E-state index in [1.54, 1.807) is 0 Å². The van der Waals surface area contributed by atoms with Crippen LogP contribution in [0, 0.1) is 0 Å². The van der Waals surface area contributed by atoms with E-state index >= 15 is 0 Å². The molecule has 2 aromatic heterocycles. The summed E-state index contributed by atoms with van der Waals surface area (Å²) in [5.41, 5.74) is 1.38. The largest absolute Gasteiger partial charge is 0.336 e. The smallest absolute Gasteiger partial charge is 0.266 e. The molecule has 1 N–H and O–H groups in total. The zero-order chi connectivity index (χ0) is 12.5. The highest BCUT2D eigenvalue weighted by atomic mass is 19.3. The number of hydrogen-bond acceptors (Lipinski definition) is 2. The number of halogens is 2. The minimum Gasteiger partial charge on any atom is -0.336 e. The maximum Gasteiger partial charge on any atom is 0.266 e. The highest BCUT2D eigenvalue weighted by molar-refractivity contribution is 5.79. The summed E-state index contributed by atoms with van der Waals surface area (Å²) in [6.07, 6.45) is -1.20. The van der Waals surface area contributed by atoms with Crippen molar-refractivity contribution in [3.8, 4) is 11.4 Å². The van der Waals surface area contributed by atoms with E-state index in [4.69, 9.17) is 0 Å². The van der Waals surface area contributed by atoms with Crippen molar-refractivity contribution in [1.29, 1.82) is 0 Å². The van der Waals surface area contributed by atoms with Crippen molar-refractivity contribution < 1.29 is 8.78 Å². The predicted molar refractivity (Wildman–Crippen MR) is 64.3 cm³/mol. The van der Waals surface area contributed by atoms with Gasteiger partial charge in [-0.15, -0.1) is 0 Å². The third-order valence-corrected chi connectivity index (χ3v) is 2.71. The number of alkyl halides is 2. The van der Waals surface area contributed by atoms with Crippen LogP contribution >= 0.6 is 0 Å². The van der Waals surface area contributed by atoms with Crippen LogP contribution in [0.5, 0.6) is 0 Å². The number of hydrogen-bond donors (Lipinski definition) is 1. The van der Waals surface area contributed by atoms with Crippen LogP contribution in [0.4, 0.5) is 8.78 Å². The van der Waals surface area contributed by atoms with Crippen molar-refractivity contribution >= 4 is 11.2 Å². The second-order valence-electron chi connectivity index (χ2n) is 3.85. The predicted octanol–water partition coefficient (Wildman–Crippen LogP) is 3.56. The Morgan fingerprint density at radius 3 is 2.56 bits per heavy atom. The third-order valence-electron chi connectivity index (χ3n) is 2.71. The van der Waals surface area contributed by atoms with Crippen LogP contribution in [0.25, 0.3) is 22.6 Å². The number of aromatic amines is 1. The first kappa shape index (κ1) is 10.8. The SMILES string of the molecule is FC(F)c1ccnc2nc(-c3ccccc3)[nH]c12. The monoisotopic (exact) mass is 245 g/mol. The molecule has 3 nitrogen and oxygen atoms in total. The molecule has 18 heavy (non-hydrogen) atoms. The molecule has 3 rings (SSSR count). The number of fused-ring (bicyclic) bond motifs is 1. The van der Waals surface area contributed by atoms with Crippen molar-refractivity contribution in [3.63, 3.8) is 0 Å². The number of benzene rings is 1. The van der Waals surface area contributed by atoms with Gasteiger partial charge in [0.05, 0.1) is 5.52 Å². The summed E-state index contributed by atoms with van der Waals surface area (Å²) >= 11 is 0. The number of aromatic nitrogens is 3. The van der Waals surface area contributed by atoms with Crippen LogP contribution in [0.1, 0.15) is 12.0 Å². The molecule has 90 valence electrons. The maximum atomic E-state index is 12.8. The second kappa shape index (κ2) is 4.18. The Bertz CT molecular complexity index is 677.